The number of aromatic nitrogens is 1. The number of thioether (sulfide) groups is 1. The number of carbonyl (C=O) groups is 2. The van der Waals surface area contributed by atoms with E-state index in [-0.39, 0.29) is 18.2 Å². The molecular weight excluding hydrogens is 398 g/mol. The van der Waals surface area contributed by atoms with Gasteiger partial charge in [-0.15, -0.1) is 0 Å². The van der Waals surface area contributed by atoms with Crippen LogP contribution in [0.4, 0.5) is 5.69 Å². The third-order valence-corrected chi connectivity index (χ3v) is 5.93. The Balaban J connectivity index is 1.60. The number of benzene rings is 2. The Hall–Kier alpha value is -3.63. The van der Waals surface area contributed by atoms with Gasteiger partial charge >= 0.3 is 0 Å². The maximum Gasteiger partial charge on any atom is 0.247 e. The molecule has 4 rings (SSSR count). The normalized spacial score (nSPS) is 15.9. The minimum Gasteiger partial charge on any atom is -0.497 e. The lowest BCUT2D eigenvalue weighted by molar-refractivity contribution is -0.121. The molecule has 3 aromatic rings. The number of nitrogens with zero attached hydrogens (tertiary/aromatic N) is 3. The smallest absolute Gasteiger partial charge is 0.247 e. The molecule has 6 nitrogen and oxygen atoms in total. The Morgan fingerprint density at radius 2 is 1.80 bits per heavy atom. The molecule has 1 atom stereocenters. The maximum absolute atomic E-state index is 13.0. The molecule has 148 valence electrons. The summed E-state index contributed by atoms with van der Waals surface area (Å²) in [5.41, 5.74) is 2.50. The third-order valence-electron chi connectivity index (χ3n) is 4.74. The quantitative estimate of drug-likeness (QED) is 0.585. The van der Waals surface area contributed by atoms with E-state index in [1.807, 2.05) is 30.3 Å². The lowest BCUT2D eigenvalue weighted by Crippen LogP contribution is -2.31. The van der Waals surface area contributed by atoms with Crippen LogP contribution >= 0.6 is 11.8 Å². The van der Waals surface area contributed by atoms with Gasteiger partial charge in [-0.1, -0.05) is 42.1 Å². The molecule has 1 fully saturated rings. The molecule has 0 saturated carbocycles. The second-order valence-electron chi connectivity index (χ2n) is 6.60. The van der Waals surface area contributed by atoms with Gasteiger partial charge in [0.2, 0.25) is 11.8 Å². The van der Waals surface area contributed by atoms with Crippen LogP contribution in [0.5, 0.6) is 5.75 Å². The molecule has 1 saturated heterocycles. The van der Waals surface area contributed by atoms with Crippen LogP contribution in [-0.4, -0.2) is 29.2 Å². The second-order valence-corrected chi connectivity index (χ2v) is 7.79. The first-order valence-electron chi connectivity index (χ1n) is 9.25. The van der Waals surface area contributed by atoms with E-state index in [2.05, 4.69) is 11.1 Å². The van der Waals surface area contributed by atoms with Crippen LogP contribution in [0.1, 0.15) is 12.0 Å². The topological polar surface area (TPSA) is 83.3 Å². The molecule has 1 aliphatic rings. The molecule has 0 spiro atoms. The molecule has 7 heteroatoms. The van der Waals surface area contributed by atoms with Crippen molar-refractivity contribution < 1.29 is 14.3 Å². The first-order chi connectivity index (χ1) is 14.6. The highest BCUT2D eigenvalue weighted by molar-refractivity contribution is 8.00. The van der Waals surface area contributed by atoms with Crippen LogP contribution in [0.2, 0.25) is 0 Å². The lowest BCUT2D eigenvalue weighted by Gasteiger charge is -2.15. The second kappa shape index (κ2) is 8.39. The molecule has 0 bridgehead atoms. The van der Waals surface area contributed by atoms with Gasteiger partial charge in [0.25, 0.3) is 0 Å². The number of methoxy groups -OCH3 is 1. The monoisotopic (exact) mass is 415 g/mol. The van der Waals surface area contributed by atoms with Gasteiger partial charge in [-0.25, -0.2) is 9.88 Å². The van der Waals surface area contributed by atoms with Gasteiger partial charge in [-0.2, -0.15) is 5.26 Å². The third kappa shape index (κ3) is 3.78. The standard InChI is InChI=1S/C23H17N3O3S/c1-29-18-10-8-17(9-11-18)26-21(27)13-20(23(26)28)30-22-16(14-24)7-12-19(25-22)15-5-3-2-4-6-15/h2-12,20H,13H2,1H3. The highest BCUT2D eigenvalue weighted by Crippen LogP contribution is 2.35. The Labute approximate surface area is 178 Å². The van der Waals surface area contributed by atoms with Gasteiger partial charge in [-0.05, 0) is 36.4 Å². The summed E-state index contributed by atoms with van der Waals surface area (Å²) < 4.78 is 5.13. The van der Waals surface area contributed by atoms with Crippen LogP contribution in [-0.2, 0) is 9.59 Å². The van der Waals surface area contributed by atoms with Crippen molar-refractivity contribution in [1.82, 2.24) is 4.98 Å². The minimum absolute atomic E-state index is 0.0532. The number of rotatable bonds is 5. The highest BCUT2D eigenvalue weighted by Gasteiger charge is 2.40. The summed E-state index contributed by atoms with van der Waals surface area (Å²) in [5.74, 6) is 0.0516. The number of carbonyl (C=O) groups excluding carboxylic acids is 2. The van der Waals surface area contributed by atoms with Gasteiger partial charge in [0.15, 0.2) is 0 Å². The van der Waals surface area contributed by atoms with Gasteiger partial charge in [0, 0.05) is 12.0 Å². The fourth-order valence-corrected chi connectivity index (χ4v) is 4.31. The zero-order valence-corrected chi connectivity index (χ0v) is 16.9. The predicted molar refractivity (Wildman–Crippen MR) is 114 cm³/mol. The summed E-state index contributed by atoms with van der Waals surface area (Å²) in [5, 5.41) is 9.29. The van der Waals surface area contributed by atoms with Crippen molar-refractivity contribution in [2.45, 2.75) is 16.7 Å². The van der Waals surface area contributed by atoms with Crippen molar-refractivity contribution in [1.29, 1.82) is 5.26 Å². The number of ether oxygens (including phenoxy) is 1. The van der Waals surface area contributed by atoms with Gasteiger partial charge in [0.1, 0.15) is 16.8 Å². The molecule has 2 aromatic carbocycles. The molecule has 0 aliphatic carbocycles. The fourth-order valence-electron chi connectivity index (χ4n) is 3.22. The van der Waals surface area contributed by atoms with Crippen molar-refractivity contribution in [2.75, 3.05) is 12.0 Å². The minimum atomic E-state index is -0.634. The van der Waals surface area contributed by atoms with Crippen LogP contribution < -0.4 is 9.64 Å². The molecule has 0 radical (unpaired) electrons. The van der Waals surface area contributed by atoms with E-state index < -0.39 is 5.25 Å². The van der Waals surface area contributed by atoms with E-state index in [1.54, 1.807) is 43.5 Å². The lowest BCUT2D eigenvalue weighted by atomic mass is 10.1. The van der Waals surface area contributed by atoms with Crippen LogP contribution in [0.25, 0.3) is 11.3 Å². The van der Waals surface area contributed by atoms with E-state index in [4.69, 9.17) is 4.74 Å². The van der Waals surface area contributed by atoms with E-state index in [0.29, 0.717) is 27.7 Å². The van der Waals surface area contributed by atoms with Crippen molar-refractivity contribution >= 4 is 29.3 Å². The van der Waals surface area contributed by atoms with E-state index in [9.17, 15) is 14.9 Å². The van der Waals surface area contributed by atoms with Gasteiger partial charge in [-0.3, -0.25) is 9.59 Å². The largest absolute Gasteiger partial charge is 0.497 e. The molecule has 2 amide bonds. The Bertz CT molecular complexity index is 1140. The highest BCUT2D eigenvalue weighted by atomic mass is 32.2. The van der Waals surface area contributed by atoms with Gasteiger partial charge < -0.3 is 4.74 Å². The summed E-state index contributed by atoms with van der Waals surface area (Å²) in [6.45, 7) is 0. The predicted octanol–water partition coefficient (Wildman–Crippen LogP) is 4.05. The number of imide groups is 1. The van der Waals surface area contributed by atoms with Crippen molar-refractivity contribution in [3.8, 4) is 23.1 Å². The fraction of sp³-hybridized carbons (Fsp3) is 0.130. The first-order valence-corrected chi connectivity index (χ1v) is 10.1. The van der Waals surface area contributed by atoms with Crippen molar-refractivity contribution in [3.63, 3.8) is 0 Å². The Kier molecular flexibility index (Phi) is 5.50. The molecular formula is C23H17N3O3S. The van der Waals surface area contributed by atoms with Crippen LogP contribution in [0.15, 0.2) is 71.8 Å². The van der Waals surface area contributed by atoms with Crippen LogP contribution in [0, 0.1) is 11.3 Å². The van der Waals surface area contributed by atoms with Crippen LogP contribution in [0.3, 0.4) is 0 Å². The summed E-state index contributed by atoms with van der Waals surface area (Å²) in [6.07, 6.45) is 0.0532. The number of anilines is 1. The number of hydrogen-bond donors (Lipinski definition) is 0. The number of nitriles is 1. The SMILES string of the molecule is COc1ccc(N2C(=O)CC(Sc3nc(-c4ccccc4)ccc3C#N)C2=O)cc1. The summed E-state index contributed by atoms with van der Waals surface area (Å²) in [4.78, 5) is 31.3. The molecule has 1 aliphatic heterocycles. The number of pyridine rings is 1. The summed E-state index contributed by atoms with van der Waals surface area (Å²) >= 11 is 1.16. The average molecular weight is 415 g/mol. The van der Waals surface area contributed by atoms with E-state index >= 15 is 0 Å². The number of amides is 2. The van der Waals surface area contributed by atoms with Gasteiger partial charge in [0.05, 0.1) is 29.3 Å². The summed E-state index contributed by atoms with van der Waals surface area (Å²) in [6, 6.07) is 22.0. The van der Waals surface area contributed by atoms with E-state index in [1.165, 1.54) is 4.90 Å². The number of hydrogen-bond acceptors (Lipinski definition) is 6. The molecule has 1 aromatic heterocycles. The molecule has 30 heavy (non-hydrogen) atoms. The summed E-state index contributed by atoms with van der Waals surface area (Å²) in [7, 11) is 1.55. The molecule has 2 heterocycles. The first kappa shape index (κ1) is 19.7. The average Bonchev–Trinajstić information content (AvgIpc) is 3.07. The zero-order chi connectivity index (χ0) is 21.1. The van der Waals surface area contributed by atoms with Crippen molar-refractivity contribution in [2.24, 2.45) is 0 Å². The zero-order valence-electron chi connectivity index (χ0n) is 16.1. The van der Waals surface area contributed by atoms with Crippen molar-refractivity contribution in [3.05, 3.63) is 72.3 Å². The Morgan fingerprint density at radius 3 is 2.47 bits per heavy atom. The molecule has 0 N–H and O–H groups in total. The van der Waals surface area contributed by atoms with E-state index in [0.717, 1.165) is 17.3 Å². The maximum atomic E-state index is 13.0. The molecule has 1 unspecified atom stereocenters. The Morgan fingerprint density at radius 1 is 1.07 bits per heavy atom.